The van der Waals surface area contributed by atoms with E-state index in [1.54, 1.807) is 0 Å². The Labute approximate surface area is 117 Å². The van der Waals surface area contributed by atoms with Gasteiger partial charge in [-0.15, -0.1) is 0 Å². The molecule has 1 aromatic rings. The molecule has 1 heterocycles. The monoisotopic (exact) mass is 261 g/mol. The fourth-order valence-electron chi connectivity index (χ4n) is 2.88. The van der Waals surface area contributed by atoms with E-state index in [1.165, 1.54) is 30.8 Å². The second kappa shape index (κ2) is 6.40. The fraction of sp³-hybridized carbons (Fsp3) is 0.625. The van der Waals surface area contributed by atoms with E-state index in [0.29, 0.717) is 0 Å². The first-order chi connectivity index (χ1) is 9.10. The summed E-state index contributed by atoms with van der Waals surface area (Å²) in [7, 11) is 4.40. The van der Waals surface area contributed by atoms with Crippen LogP contribution in [0.5, 0.6) is 0 Å². The lowest BCUT2D eigenvalue weighted by Gasteiger charge is -2.23. The molecule has 1 aliphatic rings. The van der Waals surface area contributed by atoms with Crippen LogP contribution in [-0.4, -0.2) is 38.6 Å². The van der Waals surface area contributed by atoms with Gasteiger partial charge in [0.05, 0.1) is 0 Å². The predicted molar refractivity (Wildman–Crippen MR) is 82.5 cm³/mol. The van der Waals surface area contributed by atoms with Gasteiger partial charge in [0.15, 0.2) is 0 Å². The first-order valence-electron chi connectivity index (χ1n) is 7.35. The van der Waals surface area contributed by atoms with Gasteiger partial charge in [-0.25, -0.2) is 0 Å². The zero-order valence-electron chi connectivity index (χ0n) is 12.5. The van der Waals surface area contributed by atoms with Gasteiger partial charge < -0.3 is 15.5 Å². The minimum atomic E-state index is 0.169. The Bertz CT molecular complexity index is 387. The first-order valence-corrected chi connectivity index (χ1v) is 7.35. The highest BCUT2D eigenvalue weighted by molar-refractivity contribution is 5.47. The number of likely N-dealkylation sites (tertiary alicyclic amines) is 1. The van der Waals surface area contributed by atoms with E-state index in [2.05, 4.69) is 55.1 Å². The van der Waals surface area contributed by atoms with Crippen molar-refractivity contribution in [2.24, 2.45) is 11.7 Å². The molecule has 19 heavy (non-hydrogen) atoms. The van der Waals surface area contributed by atoms with Crippen LogP contribution < -0.4 is 10.6 Å². The number of nitrogens with zero attached hydrogens (tertiary/aromatic N) is 2. The largest absolute Gasteiger partial charge is 0.374 e. The summed E-state index contributed by atoms with van der Waals surface area (Å²) in [5.74, 6) is 0.799. The zero-order chi connectivity index (χ0) is 13.8. The Morgan fingerprint density at radius 3 is 2.58 bits per heavy atom. The SMILES string of the molecule is CC[C@@H](N)c1ccc(N(C)CC2CCN(C)C2)cc1. The standard InChI is InChI=1S/C16H27N3/c1-4-16(17)14-5-7-15(8-6-14)19(3)12-13-9-10-18(2)11-13/h5-8,13,16H,4,9-12,17H2,1-3H3/t13?,16-/m1/s1. The molecule has 0 amide bonds. The molecule has 1 saturated heterocycles. The molecule has 0 spiro atoms. The molecule has 2 N–H and O–H groups in total. The average Bonchev–Trinajstić information content (AvgIpc) is 2.83. The summed E-state index contributed by atoms with van der Waals surface area (Å²) in [6.45, 7) is 5.73. The molecule has 106 valence electrons. The smallest absolute Gasteiger partial charge is 0.0363 e. The summed E-state index contributed by atoms with van der Waals surface area (Å²) in [5.41, 5.74) is 8.58. The third-order valence-corrected chi connectivity index (χ3v) is 4.22. The number of hydrogen-bond donors (Lipinski definition) is 1. The van der Waals surface area contributed by atoms with Crippen LogP contribution in [0.25, 0.3) is 0 Å². The number of benzene rings is 1. The molecule has 0 bridgehead atoms. The van der Waals surface area contributed by atoms with Crippen molar-refractivity contribution in [1.82, 2.24) is 4.90 Å². The zero-order valence-corrected chi connectivity index (χ0v) is 12.5. The van der Waals surface area contributed by atoms with Crippen LogP contribution in [-0.2, 0) is 0 Å². The molecule has 3 nitrogen and oxygen atoms in total. The second-order valence-corrected chi connectivity index (χ2v) is 5.90. The molecule has 0 radical (unpaired) electrons. The molecular formula is C16H27N3. The Morgan fingerprint density at radius 1 is 1.37 bits per heavy atom. The van der Waals surface area contributed by atoms with Crippen LogP contribution in [0.4, 0.5) is 5.69 Å². The van der Waals surface area contributed by atoms with Crippen LogP contribution in [0.3, 0.4) is 0 Å². The topological polar surface area (TPSA) is 32.5 Å². The van der Waals surface area contributed by atoms with Crippen molar-refractivity contribution < 1.29 is 0 Å². The number of rotatable bonds is 5. The van der Waals surface area contributed by atoms with Gasteiger partial charge in [-0.3, -0.25) is 0 Å². The lowest BCUT2D eigenvalue weighted by atomic mass is 10.0. The van der Waals surface area contributed by atoms with Crippen molar-refractivity contribution >= 4 is 5.69 Å². The summed E-state index contributed by atoms with van der Waals surface area (Å²) in [5, 5.41) is 0. The molecule has 1 aromatic carbocycles. The maximum absolute atomic E-state index is 6.05. The summed E-state index contributed by atoms with van der Waals surface area (Å²) < 4.78 is 0. The summed E-state index contributed by atoms with van der Waals surface area (Å²) in [6.07, 6.45) is 2.31. The Morgan fingerprint density at radius 2 is 2.05 bits per heavy atom. The van der Waals surface area contributed by atoms with Crippen molar-refractivity contribution in [2.75, 3.05) is 38.6 Å². The van der Waals surface area contributed by atoms with Gasteiger partial charge in [-0.05, 0) is 50.0 Å². The van der Waals surface area contributed by atoms with Crippen molar-refractivity contribution in [3.63, 3.8) is 0 Å². The minimum absolute atomic E-state index is 0.169. The lowest BCUT2D eigenvalue weighted by Crippen LogP contribution is -2.27. The van der Waals surface area contributed by atoms with Gasteiger partial charge in [0.1, 0.15) is 0 Å². The van der Waals surface area contributed by atoms with E-state index < -0.39 is 0 Å². The summed E-state index contributed by atoms with van der Waals surface area (Å²) in [6, 6.07) is 8.90. The quantitative estimate of drug-likeness (QED) is 0.884. The van der Waals surface area contributed by atoms with Crippen molar-refractivity contribution in [2.45, 2.75) is 25.8 Å². The van der Waals surface area contributed by atoms with Crippen molar-refractivity contribution in [3.8, 4) is 0 Å². The third-order valence-electron chi connectivity index (χ3n) is 4.22. The van der Waals surface area contributed by atoms with Gasteiger partial charge >= 0.3 is 0 Å². The van der Waals surface area contributed by atoms with Crippen LogP contribution in [0.15, 0.2) is 24.3 Å². The van der Waals surface area contributed by atoms with E-state index in [4.69, 9.17) is 5.73 Å². The van der Waals surface area contributed by atoms with Crippen LogP contribution in [0, 0.1) is 5.92 Å². The van der Waals surface area contributed by atoms with Crippen molar-refractivity contribution in [1.29, 1.82) is 0 Å². The van der Waals surface area contributed by atoms with Gasteiger partial charge in [0.2, 0.25) is 0 Å². The number of anilines is 1. The molecule has 1 unspecified atom stereocenters. The Balaban J connectivity index is 1.93. The van der Waals surface area contributed by atoms with Crippen LogP contribution in [0.2, 0.25) is 0 Å². The van der Waals surface area contributed by atoms with Gasteiger partial charge in [-0.1, -0.05) is 19.1 Å². The van der Waals surface area contributed by atoms with Crippen LogP contribution in [0.1, 0.15) is 31.4 Å². The van der Waals surface area contributed by atoms with Crippen LogP contribution >= 0.6 is 0 Å². The third kappa shape index (κ3) is 3.71. The normalized spacial score (nSPS) is 21.6. The molecule has 2 rings (SSSR count). The maximum atomic E-state index is 6.05. The van der Waals surface area contributed by atoms with E-state index in [9.17, 15) is 0 Å². The molecule has 3 heteroatoms. The van der Waals surface area contributed by atoms with Gasteiger partial charge in [0, 0.05) is 31.9 Å². The van der Waals surface area contributed by atoms with E-state index in [0.717, 1.165) is 18.9 Å². The fourth-order valence-corrected chi connectivity index (χ4v) is 2.88. The average molecular weight is 261 g/mol. The minimum Gasteiger partial charge on any atom is -0.374 e. The molecule has 1 aliphatic heterocycles. The molecular weight excluding hydrogens is 234 g/mol. The maximum Gasteiger partial charge on any atom is 0.0363 e. The van der Waals surface area contributed by atoms with E-state index in [-0.39, 0.29) is 6.04 Å². The van der Waals surface area contributed by atoms with Gasteiger partial charge in [-0.2, -0.15) is 0 Å². The first kappa shape index (κ1) is 14.4. The lowest BCUT2D eigenvalue weighted by molar-refractivity contribution is 0.396. The van der Waals surface area contributed by atoms with Gasteiger partial charge in [0.25, 0.3) is 0 Å². The number of nitrogens with two attached hydrogens (primary N) is 1. The van der Waals surface area contributed by atoms with E-state index in [1.807, 2.05) is 0 Å². The summed E-state index contributed by atoms with van der Waals surface area (Å²) in [4.78, 5) is 4.78. The second-order valence-electron chi connectivity index (χ2n) is 5.90. The highest BCUT2D eigenvalue weighted by Crippen LogP contribution is 2.22. The Hall–Kier alpha value is -1.06. The highest BCUT2D eigenvalue weighted by atomic mass is 15.1. The van der Waals surface area contributed by atoms with E-state index >= 15 is 0 Å². The molecule has 1 fully saturated rings. The Kier molecular flexibility index (Phi) is 4.83. The highest BCUT2D eigenvalue weighted by Gasteiger charge is 2.20. The van der Waals surface area contributed by atoms with Crippen molar-refractivity contribution in [3.05, 3.63) is 29.8 Å². The summed E-state index contributed by atoms with van der Waals surface area (Å²) >= 11 is 0. The molecule has 2 atom stereocenters. The molecule has 0 saturated carbocycles. The molecule has 0 aromatic heterocycles. The predicted octanol–water partition coefficient (Wildman–Crippen LogP) is 2.48. The number of hydrogen-bond acceptors (Lipinski definition) is 3. The molecule has 0 aliphatic carbocycles.